The van der Waals surface area contributed by atoms with Gasteiger partial charge in [0.15, 0.2) is 0 Å². The van der Waals surface area contributed by atoms with Crippen molar-refractivity contribution in [3.05, 3.63) is 28.3 Å². The van der Waals surface area contributed by atoms with Crippen molar-refractivity contribution in [3.8, 4) is 0 Å². The maximum absolute atomic E-state index is 6.41. The van der Waals surface area contributed by atoms with E-state index in [4.69, 9.17) is 17.3 Å². The Hall–Kier alpha value is -0.730. The van der Waals surface area contributed by atoms with Gasteiger partial charge in [-0.15, -0.1) is 0 Å². The molecule has 1 aromatic carbocycles. The Morgan fingerprint density at radius 3 is 2.82 bits per heavy atom. The van der Waals surface area contributed by atoms with Crippen LogP contribution in [0.2, 0.25) is 5.02 Å². The van der Waals surface area contributed by atoms with E-state index in [1.807, 2.05) is 0 Å². The smallest absolute Gasteiger partial charge is 0.0645 e. The first kappa shape index (κ1) is 12.7. The van der Waals surface area contributed by atoms with Crippen LogP contribution in [0.1, 0.15) is 30.4 Å². The topological polar surface area (TPSA) is 29.3 Å². The zero-order valence-electron chi connectivity index (χ0n) is 10.7. The molecule has 1 aromatic rings. The van der Waals surface area contributed by atoms with Gasteiger partial charge in [-0.25, -0.2) is 0 Å². The van der Waals surface area contributed by atoms with Crippen molar-refractivity contribution < 1.29 is 0 Å². The summed E-state index contributed by atoms with van der Waals surface area (Å²) in [6.45, 7) is 6.09. The van der Waals surface area contributed by atoms with Gasteiger partial charge >= 0.3 is 0 Å². The summed E-state index contributed by atoms with van der Waals surface area (Å²) in [6, 6.07) is 4.83. The Balaban J connectivity index is 2.33. The van der Waals surface area contributed by atoms with E-state index in [-0.39, 0.29) is 0 Å². The first-order chi connectivity index (χ1) is 8.13. The second kappa shape index (κ2) is 5.28. The summed E-state index contributed by atoms with van der Waals surface area (Å²) >= 11 is 6.41. The molecule has 0 radical (unpaired) electrons. The molecule has 1 unspecified atom stereocenters. The Kier molecular flexibility index (Phi) is 3.95. The number of benzene rings is 1. The van der Waals surface area contributed by atoms with E-state index in [9.17, 15) is 0 Å². The summed E-state index contributed by atoms with van der Waals surface area (Å²) in [5, 5.41) is 0.881. The summed E-state index contributed by atoms with van der Waals surface area (Å²) < 4.78 is 0. The Morgan fingerprint density at radius 1 is 1.41 bits per heavy atom. The third kappa shape index (κ3) is 2.58. The highest BCUT2D eigenvalue weighted by atomic mass is 35.5. The molecule has 0 spiro atoms. The van der Waals surface area contributed by atoms with Crippen molar-refractivity contribution >= 4 is 17.3 Å². The quantitative estimate of drug-likeness (QED) is 0.895. The molecule has 2 N–H and O–H groups in total. The van der Waals surface area contributed by atoms with Gasteiger partial charge in [0.2, 0.25) is 0 Å². The minimum Gasteiger partial charge on any atom is -0.367 e. The van der Waals surface area contributed by atoms with Crippen LogP contribution in [0.4, 0.5) is 5.69 Å². The van der Waals surface area contributed by atoms with E-state index in [1.54, 1.807) is 0 Å². The predicted octanol–water partition coefficient (Wildman–Crippen LogP) is 3.27. The average molecular weight is 253 g/mol. The average Bonchev–Trinajstić information content (AvgIpc) is 2.65. The van der Waals surface area contributed by atoms with Gasteiger partial charge < -0.3 is 10.6 Å². The lowest BCUT2D eigenvalue weighted by molar-refractivity contribution is 0.618. The maximum Gasteiger partial charge on any atom is 0.0645 e. The first-order valence-corrected chi connectivity index (χ1v) is 6.74. The lowest BCUT2D eigenvalue weighted by Crippen LogP contribution is -2.31. The van der Waals surface area contributed by atoms with E-state index in [1.165, 1.54) is 29.7 Å². The lowest BCUT2D eigenvalue weighted by atomic mass is 10.1. The summed E-state index contributed by atoms with van der Waals surface area (Å²) in [7, 11) is 0. The van der Waals surface area contributed by atoms with Crippen molar-refractivity contribution in [2.45, 2.75) is 39.2 Å². The molecule has 0 amide bonds. The Morgan fingerprint density at radius 2 is 2.18 bits per heavy atom. The standard InChI is InChI=1S/C14H21ClN2/c1-10-8-11(2)14(13(15)9-10)17-7-3-4-12(17)5-6-16/h8-9,12H,3-7,16H2,1-2H3. The van der Waals surface area contributed by atoms with Crippen LogP contribution in [0.3, 0.4) is 0 Å². The van der Waals surface area contributed by atoms with Gasteiger partial charge in [-0.05, 0) is 56.8 Å². The van der Waals surface area contributed by atoms with Crippen molar-refractivity contribution in [2.75, 3.05) is 18.0 Å². The molecule has 0 bridgehead atoms. The van der Waals surface area contributed by atoms with Crippen LogP contribution >= 0.6 is 11.6 Å². The van der Waals surface area contributed by atoms with E-state index in [0.29, 0.717) is 6.04 Å². The molecule has 17 heavy (non-hydrogen) atoms. The highest BCUT2D eigenvalue weighted by molar-refractivity contribution is 6.33. The van der Waals surface area contributed by atoms with Crippen LogP contribution in [-0.2, 0) is 0 Å². The fraction of sp³-hybridized carbons (Fsp3) is 0.571. The number of halogens is 1. The number of anilines is 1. The first-order valence-electron chi connectivity index (χ1n) is 6.37. The minimum atomic E-state index is 0.568. The number of hydrogen-bond donors (Lipinski definition) is 1. The lowest BCUT2D eigenvalue weighted by Gasteiger charge is -2.29. The molecule has 0 aliphatic carbocycles. The largest absolute Gasteiger partial charge is 0.367 e. The summed E-state index contributed by atoms with van der Waals surface area (Å²) in [4.78, 5) is 2.45. The summed E-state index contributed by atoms with van der Waals surface area (Å²) in [5.41, 5.74) is 9.41. The van der Waals surface area contributed by atoms with Crippen LogP contribution in [0.5, 0.6) is 0 Å². The highest BCUT2D eigenvalue weighted by Gasteiger charge is 2.26. The predicted molar refractivity (Wildman–Crippen MR) is 75.0 cm³/mol. The van der Waals surface area contributed by atoms with Gasteiger partial charge in [-0.3, -0.25) is 0 Å². The van der Waals surface area contributed by atoms with Gasteiger partial charge in [0.05, 0.1) is 10.7 Å². The Labute approximate surface area is 109 Å². The van der Waals surface area contributed by atoms with E-state index in [0.717, 1.165) is 24.5 Å². The molecule has 3 heteroatoms. The number of aryl methyl sites for hydroxylation is 2. The molecular formula is C14H21ClN2. The number of nitrogens with two attached hydrogens (primary N) is 1. The molecule has 0 aromatic heterocycles. The second-order valence-electron chi connectivity index (χ2n) is 4.98. The van der Waals surface area contributed by atoms with Gasteiger partial charge in [0.1, 0.15) is 0 Å². The molecule has 2 rings (SSSR count). The van der Waals surface area contributed by atoms with Crippen molar-refractivity contribution in [2.24, 2.45) is 5.73 Å². The monoisotopic (exact) mass is 252 g/mol. The molecule has 1 aliphatic heterocycles. The fourth-order valence-corrected chi connectivity index (χ4v) is 3.32. The van der Waals surface area contributed by atoms with Crippen LogP contribution in [0.15, 0.2) is 12.1 Å². The van der Waals surface area contributed by atoms with Gasteiger partial charge in [-0.2, -0.15) is 0 Å². The molecular weight excluding hydrogens is 232 g/mol. The van der Waals surface area contributed by atoms with Crippen LogP contribution in [0, 0.1) is 13.8 Å². The van der Waals surface area contributed by atoms with Crippen LogP contribution in [-0.4, -0.2) is 19.1 Å². The Bertz CT molecular complexity index is 380. The zero-order valence-corrected chi connectivity index (χ0v) is 11.4. The van der Waals surface area contributed by atoms with Crippen molar-refractivity contribution in [3.63, 3.8) is 0 Å². The minimum absolute atomic E-state index is 0.568. The van der Waals surface area contributed by atoms with Crippen LogP contribution in [0.25, 0.3) is 0 Å². The second-order valence-corrected chi connectivity index (χ2v) is 5.39. The molecule has 94 valence electrons. The van der Waals surface area contributed by atoms with E-state index < -0.39 is 0 Å². The third-order valence-electron chi connectivity index (χ3n) is 3.56. The molecule has 1 aliphatic rings. The molecule has 1 saturated heterocycles. The van der Waals surface area contributed by atoms with Crippen molar-refractivity contribution in [1.29, 1.82) is 0 Å². The third-order valence-corrected chi connectivity index (χ3v) is 3.85. The van der Waals surface area contributed by atoms with Crippen LogP contribution < -0.4 is 10.6 Å². The van der Waals surface area contributed by atoms with E-state index >= 15 is 0 Å². The van der Waals surface area contributed by atoms with Gasteiger partial charge in [0.25, 0.3) is 0 Å². The SMILES string of the molecule is Cc1cc(C)c(N2CCCC2CCN)c(Cl)c1. The highest BCUT2D eigenvalue weighted by Crippen LogP contribution is 2.36. The summed E-state index contributed by atoms with van der Waals surface area (Å²) in [5.74, 6) is 0. The number of rotatable bonds is 3. The zero-order chi connectivity index (χ0) is 12.4. The van der Waals surface area contributed by atoms with Gasteiger partial charge in [0, 0.05) is 12.6 Å². The summed E-state index contributed by atoms with van der Waals surface area (Å²) in [6.07, 6.45) is 3.54. The fourth-order valence-electron chi connectivity index (χ4n) is 2.89. The number of nitrogens with zero attached hydrogens (tertiary/aromatic N) is 1. The van der Waals surface area contributed by atoms with Crippen molar-refractivity contribution in [1.82, 2.24) is 0 Å². The number of hydrogen-bond acceptors (Lipinski definition) is 2. The molecule has 1 atom stereocenters. The van der Waals surface area contributed by atoms with Gasteiger partial charge in [-0.1, -0.05) is 17.7 Å². The maximum atomic E-state index is 6.41. The normalized spacial score (nSPS) is 20.0. The molecule has 0 saturated carbocycles. The van der Waals surface area contributed by atoms with E-state index in [2.05, 4.69) is 30.9 Å². The molecule has 1 fully saturated rings. The molecule has 2 nitrogen and oxygen atoms in total. The molecule has 1 heterocycles.